The quantitative estimate of drug-likeness (QED) is 0.251. The van der Waals surface area contributed by atoms with Crippen LogP contribution in [-0.4, -0.2) is 35.7 Å². The van der Waals surface area contributed by atoms with Crippen LogP contribution in [0.25, 0.3) is 0 Å². The van der Waals surface area contributed by atoms with E-state index in [0.29, 0.717) is 0 Å². The predicted molar refractivity (Wildman–Crippen MR) is 141 cm³/mol. The summed E-state index contributed by atoms with van der Waals surface area (Å²) in [6.45, 7) is -0.0331. The third-order valence-electron chi connectivity index (χ3n) is 5.80. The zero-order valence-corrected chi connectivity index (χ0v) is 20.7. The summed E-state index contributed by atoms with van der Waals surface area (Å²) in [4.78, 5) is 39.5. The number of esters is 1. The molecule has 0 amide bonds. The Hall–Kier alpha value is -3.36. The molecule has 0 spiro atoms. The van der Waals surface area contributed by atoms with Crippen molar-refractivity contribution < 1.29 is 19.1 Å². The Balaban J connectivity index is 0.00000456. The van der Waals surface area contributed by atoms with Crippen molar-refractivity contribution in [3.63, 3.8) is 0 Å². The second kappa shape index (κ2) is 14.3. The predicted octanol–water partition coefficient (Wildman–Crippen LogP) is 2.37. The standard InChI is InChI=1S/C28H31N3O4.ClH/c29-22(16-19-10-4-1-5-11-19)26(32)24(27(33)23(30)17-20-12-6-2-7-13-20)25(31)28(34)35-18-21-14-8-3-9-15-21;/h1-15,22-25H,16-18,29-31H2;1H/t22-,23+,24?,25-;/m0./s1. The van der Waals surface area contributed by atoms with Crippen molar-refractivity contribution in [1.29, 1.82) is 0 Å². The molecule has 4 atom stereocenters. The van der Waals surface area contributed by atoms with Crippen LogP contribution in [0, 0.1) is 5.92 Å². The summed E-state index contributed by atoms with van der Waals surface area (Å²) in [5.41, 5.74) is 21.0. The largest absolute Gasteiger partial charge is 0.460 e. The highest BCUT2D eigenvalue weighted by molar-refractivity contribution is 6.10. The van der Waals surface area contributed by atoms with Crippen molar-refractivity contribution in [2.24, 2.45) is 23.1 Å². The van der Waals surface area contributed by atoms with Gasteiger partial charge in [0.15, 0.2) is 11.6 Å². The Morgan fingerprint density at radius 3 is 1.36 bits per heavy atom. The Bertz CT molecular complexity index is 1050. The zero-order chi connectivity index (χ0) is 25.2. The molecule has 0 aliphatic heterocycles. The first-order valence-corrected chi connectivity index (χ1v) is 11.5. The lowest BCUT2D eigenvalue weighted by atomic mass is 9.82. The number of nitrogens with two attached hydrogens (primary N) is 3. The Labute approximate surface area is 217 Å². The molecule has 6 N–H and O–H groups in total. The Morgan fingerprint density at radius 2 is 0.972 bits per heavy atom. The second-order valence-electron chi connectivity index (χ2n) is 8.49. The maximum atomic E-state index is 13.4. The van der Waals surface area contributed by atoms with Crippen molar-refractivity contribution in [2.75, 3.05) is 0 Å². The average Bonchev–Trinajstić information content (AvgIpc) is 2.88. The normalized spacial score (nSPS) is 14.0. The van der Waals surface area contributed by atoms with E-state index in [9.17, 15) is 14.4 Å². The topological polar surface area (TPSA) is 138 Å². The fraction of sp³-hybridized carbons (Fsp3) is 0.250. The molecule has 0 heterocycles. The molecule has 0 aromatic heterocycles. The van der Waals surface area contributed by atoms with E-state index < -0.39 is 41.6 Å². The number of Topliss-reactive ketones (excluding diaryl/α,β-unsaturated/α-hetero) is 2. The molecule has 190 valence electrons. The second-order valence-corrected chi connectivity index (χ2v) is 8.49. The molecule has 0 bridgehead atoms. The molecule has 3 aromatic rings. The van der Waals surface area contributed by atoms with Crippen LogP contribution in [-0.2, 0) is 38.6 Å². The number of benzene rings is 3. The van der Waals surface area contributed by atoms with Gasteiger partial charge in [-0.2, -0.15) is 0 Å². The Morgan fingerprint density at radius 1 is 0.611 bits per heavy atom. The first-order chi connectivity index (χ1) is 16.9. The summed E-state index contributed by atoms with van der Waals surface area (Å²) in [6, 6.07) is 23.8. The molecule has 0 fully saturated rings. The van der Waals surface area contributed by atoms with Crippen molar-refractivity contribution in [2.45, 2.75) is 37.6 Å². The molecule has 0 radical (unpaired) electrons. The van der Waals surface area contributed by atoms with Gasteiger partial charge in [0.2, 0.25) is 0 Å². The maximum absolute atomic E-state index is 13.4. The number of carbonyl (C=O) groups is 3. The van der Waals surface area contributed by atoms with E-state index in [1.807, 2.05) is 78.9 Å². The molecule has 0 saturated carbocycles. The molecule has 8 heteroatoms. The van der Waals surface area contributed by atoms with Gasteiger partial charge >= 0.3 is 5.97 Å². The number of rotatable bonds is 12. The molecule has 0 aliphatic rings. The average molecular weight is 510 g/mol. The van der Waals surface area contributed by atoms with Crippen LogP contribution in [0.2, 0.25) is 0 Å². The number of ether oxygens (including phenoxy) is 1. The third-order valence-corrected chi connectivity index (χ3v) is 5.80. The lowest BCUT2D eigenvalue weighted by Crippen LogP contribution is -2.55. The maximum Gasteiger partial charge on any atom is 0.324 e. The number of hydrogen-bond donors (Lipinski definition) is 3. The molecule has 3 rings (SSSR count). The van der Waals surface area contributed by atoms with E-state index in [0.717, 1.165) is 16.7 Å². The number of carbonyl (C=O) groups excluding carboxylic acids is 3. The van der Waals surface area contributed by atoms with Crippen molar-refractivity contribution in [1.82, 2.24) is 0 Å². The third kappa shape index (κ3) is 8.10. The fourth-order valence-electron chi connectivity index (χ4n) is 3.85. The molecular weight excluding hydrogens is 478 g/mol. The van der Waals surface area contributed by atoms with Gasteiger partial charge in [-0.1, -0.05) is 91.0 Å². The van der Waals surface area contributed by atoms with Crippen LogP contribution in [0.5, 0.6) is 0 Å². The SMILES string of the molecule is Cl.N[C@H](Cc1ccccc1)C(=O)C(C(=O)[C@@H](N)Cc1ccccc1)[C@H](N)C(=O)OCc1ccccc1. The highest BCUT2D eigenvalue weighted by Crippen LogP contribution is 2.16. The summed E-state index contributed by atoms with van der Waals surface area (Å²) in [7, 11) is 0. The van der Waals surface area contributed by atoms with Crippen LogP contribution in [0.3, 0.4) is 0 Å². The number of ketones is 2. The molecule has 1 unspecified atom stereocenters. The molecule has 0 saturated heterocycles. The van der Waals surface area contributed by atoms with Crippen LogP contribution in [0.4, 0.5) is 0 Å². The number of halogens is 1. The number of hydrogen-bond acceptors (Lipinski definition) is 7. The van der Waals surface area contributed by atoms with Gasteiger partial charge in [-0.05, 0) is 29.5 Å². The first-order valence-electron chi connectivity index (χ1n) is 11.5. The lowest BCUT2D eigenvalue weighted by molar-refractivity contribution is -0.152. The summed E-state index contributed by atoms with van der Waals surface area (Å²) in [6.07, 6.45) is 0.395. The minimum atomic E-state index is -1.53. The monoisotopic (exact) mass is 509 g/mol. The van der Waals surface area contributed by atoms with Gasteiger partial charge in [-0.15, -0.1) is 12.4 Å². The highest BCUT2D eigenvalue weighted by Gasteiger charge is 2.41. The molecule has 36 heavy (non-hydrogen) atoms. The van der Waals surface area contributed by atoms with Gasteiger partial charge in [-0.3, -0.25) is 14.4 Å². The summed E-state index contributed by atoms with van der Waals surface area (Å²) in [5.74, 6) is -3.65. The summed E-state index contributed by atoms with van der Waals surface area (Å²) < 4.78 is 5.32. The minimum absolute atomic E-state index is 0. The van der Waals surface area contributed by atoms with Gasteiger partial charge < -0.3 is 21.9 Å². The highest BCUT2D eigenvalue weighted by atomic mass is 35.5. The van der Waals surface area contributed by atoms with E-state index in [-0.39, 0.29) is 31.9 Å². The molecular formula is C28H32ClN3O4. The van der Waals surface area contributed by atoms with Crippen LogP contribution in [0.15, 0.2) is 91.0 Å². The van der Waals surface area contributed by atoms with Gasteiger partial charge in [0.05, 0.1) is 12.1 Å². The summed E-state index contributed by atoms with van der Waals surface area (Å²) >= 11 is 0. The van der Waals surface area contributed by atoms with E-state index in [2.05, 4.69) is 0 Å². The van der Waals surface area contributed by atoms with Crippen LogP contribution < -0.4 is 17.2 Å². The van der Waals surface area contributed by atoms with E-state index in [1.165, 1.54) is 0 Å². The van der Waals surface area contributed by atoms with Crippen molar-refractivity contribution in [3.8, 4) is 0 Å². The zero-order valence-electron chi connectivity index (χ0n) is 19.9. The van der Waals surface area contributed by atoms with Crippen molar-refractivity contribution in [3.05, 3.63) is 108 Å². The van der Waals surface area contributed by atoms with Crippen LogP contribution in [0.1, 0.15) is 16.7 Å². The van der Waals surface area contributed by atoms with Crippen LogP contribution >= 0.6 is 12.4 Å². The lowest BCUT2D eigenvalue weighted by Gasteiger charge is -2.26. The van der Waals surface area contributed by atoms with Gasteiger partial charge in [0, 0.05) is 0 Å². The van der Waals surface area contributed by atoms with E-state index in [1.54, 1.807) is 12.1 Å². The van der Waals surface area contributed by atoms with E-state index in [4.69, 9.17) is 21.9 Å². The molecule has 3 aromatic carbocycles. The van der Waals surface area contributed by atoms with Crippen molar-refractivity contribution >= 4 is 29.9 Å². The van der Waals surface area contributed by atoms with Gasteiger partial charge in [0.25, 0.3) is 0 Å². The van der Waals surface area contributed by atoms with Gasteiger partial charge in [-0.25, -0.2) is 0 Å². The van der Waals surface area contributed by atoms with E-state index >= 15 is 0 Å². The first kappa shape index (κ1) is 28.9. The Kier molecular flexibility index (Phi) is 11.4. The smallest absolute Gasteiger partial charge is 0.324 e. The van der Waals surface area contributed by atoms with Gasteiger partial charge in [0.1, 0.15) is 18.6 Å². The molecule has 0 aliphatic carbocycles. The fourth-order valence-corrected chi connectivity index (χ4v) is 3.85. The molecule has 7 nitrogen and oxygen atoms in total. The summed E-state index contributed by atoms with van der Waals surface area (Å²) in [5, 5.41) is 0. The minimum Gasteiger partial charge on any atom is -0.460 e.